The van der Waals surface area contributed by atoms with E-state index in [1.54, 1.807) is 17.4 Å². The quantitative estimate of drug-likeness (QED) is 0.508. The van der Waals surface area contributed by atoms with E-state index >= 15 is 0 Å². The summed E-state index contributed by atoms with van der Waals surface area (Å²) in [6.45, 7) is 3.97. The van der Waals surface area contributed by atoms with E-state index in [1.165, 1.54) is 10.9 Å². The van der Waals surface area contributed by atoms with E-state index in [4.69, 9.17) is 16.6 Å². The van der Waals surface area contributed by atoms with Crippen molar-refractivity contribution < 1.29 is 0 Å². The number of hydrogen-bond acceptors (Lipinski definition) is 4. The van der Waals surface area contributed by atoms with E-state index in [1.807, 2.05) is 31.2 Å². The lowest BCUT2D eigenvalue weighted by atomic mass is 10.0. The van der Waals surface area contributed by atoms with E-state index in [0.717, 1.165) is 32.8 Å². The fraction of sp³-hybridized carbons (Fsp3) is 0.105. The Kier molecular flexibility index (Phi) is 3.90. The van der Waals surface area contributed by atoms with Crippen molar-refractivity contribution in [1.29, 1.82) is 0 Å². The second-order valence-electron chi connectivity index (χ2n) is 5.88. The number of fused-ring (bicyclic) bond motifs is 1. The molecule has 0 amide bonds. The molecule has 6 heteroatoms. The van der Waals surface area contributed by atoms with E-state index in [0.29, 0.717) is 10.8 Å². The minimum Gasteiger partial charge on any atom is -0.307 e. The monoisotopic (exact) mass is 367 g/mol. The molecular weight excluding hydrogens is 354 g/mol. The summed E-state index contributed by atoms with van der Waals surface area (Å²) in [7, 11) is 0. The van der Waals surface area contributed by atoms with Crippen LogP contribution < -0.4 is 5.56 Å². The standard InChI is InChI=1S/C19H14ClN3OS/c1-10-7-13(9-16(20)21-10)14-8-12-4-6-17(24)22-19(12)23-18(14)15-5-3-11(2)25-15/h3-9H,1-2H3,(H,22,23,24). The average Bonchev–Trinajstić information content (AvgIpc) is 2.99. The van der Waals surface area contributed by atoms with Gasteiger partial charge in [-0.05, 0) is 55.8 Å². The van der Waals surface area contributed by atoms with Gasteiger partial charge in [0.15, 0.2) is 0 Å². The third-order valence-corrected chi connectivity index (χ3v) is 5.12. The molecule has 0 spiro atoms. The fourth-order valence-corrected chi connectivity index (χ4v) is 3.96. The molecule has 0 aliphatic heterocycles. The van der Waals surface area contributed by atoms with Crippen molar-refractivity contribution in [3.05, 3.63) is 68.5 Å². The fourth-order valence-electron chi connectivity index (χ4n) is 2.83. The predicted molar refractivity (Wildman–Crippen MR) is 103 cm³/mol. The number of halogens is 1. The van der Waals surface area contributed by atoms with Gasteiger partial charge in [-0.1, -0.05) is 11.6 Å². The summed E-state index contributed by atoms with van der Waals surface area (Å²) in [5, 5.41) is 1.32. The molecule has 25 heavy (non-hydrogen) atoms. The first kappa shape index (κ1) is 16.0. The van der Waals surface area contributed by atoms with Crippen molar-refractivity contribution in [1.82, 2.24) is 15.0 Å². The van der Waals surface area contributed by atoms with Crippen LogP contribution in [-0.2, 0) is 0 Å². The molecule has 4 aromatic rings. The van der Waals surface area contributed by atoms with E-state index in [-0.39, 0.29) is 5.56 Å². The summed E-state index contributed by atoms with van der Waals surface area (Å²) in [4.78, 5) is 25.7. The maximum atomic E-state index is 11.7. The van der Waals surface area contributed by atoms with Crippen LogP contribution in [-0.4, -0.2) is 15.0 Å². The van der Waals surface area contributed by atoms with Crippen molar-refractivity contribution in [3.8, 4) is 21.7 Å². The molecule has 124 valence electrons. The number of nitrogens with zero attached hydrogens (tertiary/aromatic N) is 2. The lowest BCUT2D eigenvalue weighted by Gasteiger charge is -2.11. The summed E-state index contributed by atoms with van der Waals surface area (Å²) in [5.74, 6) is 0. The maximum Gasteiger partial charge on any atom is 0.249 e. The Labute approximate surface area is 153 Å². The molecule has 1 N–H and O–H groups in total. The van der Waals surface area contributed by atoms with Crippen LogP contribution in [0.3, 0.4) is 0 Å². The Morgan fingerprint density at radius 1 is 1.04 bits per heavy atom. The van der Waals surface area contributed by atoms with Crippen LogP contribution in [0.15, 0.2) is 47.3 Å². The SMILES string of the molecule is Cc1cc(-c2cc3ccc(=O)[nH]c3nc2-c2ccc(C)s2)cc(Cl)n1. The first-order chi connectivity index (χ1) is 12.0. The molecule has 4 rings (SSSR count). The Morgan fingerprint density at radius 3 is 2.60 bits per heavy atom. The molecule has 0 aromatic carbocycles. The van der Waals surface area contributed by atoms with Crippen molar-refractivity contribution in [2.24, 2.45) is 0 Å². The molecule has 4 heterocycles. The number of aromatic nitrogens is 3. The molecule has 0 fully saturated rings. The summed E-state index contributed by atoms with van der Waals surface area (Å²) in [6, 6.07) is 13.3. The van der Waals surface area contributed by atoms with Gasteiger partial charge in [-0.2, -0.15) is 0 Å². The Hall–Kier alpha value is -2.50. The average molecular weight is 368 g/mol. The van der Waals surface area contributed by atoms with Crippen LogP contribution in [0.5, 0.6) is 0 Å². The molecule has 0 bridgehead atoms. The molecule has 0 saturated heterocycles. The molecule has 4 aromatic heterocycles. The van der Waals surface area contributed by atoms with Gasteiger partial charge in [0.2, 0.25) is 5.56 Å². The van der Waals surface area contributed by atoms with Crippen LogP contribution in [0.25, 0.3) is 32.7 Å². The van der Waals surface area contributed by atoms with Gasteiger partial charge >= 0.3 is 0 Å². The normalized spacial score (nSPS) is 11.2. The third-order valence-electron chi connectivity index (χ3n) is 3.91. The number of aromatic amines is 1. The van der Waals surface area contributed by atoms with Gasteiger partial charge in [0.05, 0.1) is 10.6 Å². The summed E-state index contributed by atoms with van der Waals surface area (Å²) in [5.41, 5.74) is 4.01. The highest BCUT2D eigenvalue weighted by Crippen LogP contribution is 2.36. The van der Waals surface area contributed by atoms with Crippen LogP contribution >= 0.6 is 22.9 Å². The summed E-state index contributed by atoms with van der Waals surface area (Å²) in [6.07, 6.45) is 0. The number of rotatable bonds is 2. The Morgan fingerprint density at radius 2 is 1.88 bits per heavy atom. The second-order valence-corrected chi connectivity index (χ2v) is 7.55. The molecule has 0 saturated carbocycles. The van der Waals surface area contributed by atoms with Gasteiger partial charge in [0.25, 0.3) is 0 Å². The molecule has 0 atom stereocenters. The maximum absolute atomic E-state index is 11.7. The number of hydrogen-bond donors (Lipinski definition) is 1. The Bertz CT molecular complexity index is 1140. The molecule has 0 unspecified atom stereocenters. The number of H-pyrrole nitrogens is 1. The zero-order valence-electron chi connectivity index (χ0n) is 13.6. The highest BCUT2D eigenvalue weighted by molar-refractivity contribution is 7.15. The highest BCUT2D eigenvalue weighted by Gasteiger charge is 2.14. The van der Waals surface area contributed by atoms with Crippen LogP contribution in [0, 0.1) is 13.8 Å². The third kappa shape index (κ3) is 3.08. The number of thiophene rings is 1. The van der Waals surface area contributed by atoms with Gasteiger partial charge in [0.1, 0.15) is 10.8 Å². The number of aryl methyl sites for hydroxylation is 2. The first-order valence-corrected chi connectivity index (χ1v) is 8.94. The lowest BCUT2D eigenvalue weighted by molar-refractivity contribution is 1.20. The first-order valence-electron chi connectivity index (χ1n) is 7.75. The van der Waals surface area contributed by atoms with Gasteiger partial charge in [-0.25, -0.2) is 9.97 Å². The predicted octanol–water partition coefficient (Wildman–Crippen LogP) is 4.98. The van der Waals surface area contributed by atoms with E-state index in [9.17, 15) is 4.79 Å². The van der Waals surface area contributed by atoms with Crippen LogP contribution in [0.1, 0.15) is 10.6 Å². The Balaban J connectivity index is 2.06. The van der Waals surface area contributed by atoms with Crippen molar-refractivity contribution in [2.75, 3.05) is 0 Å². The molecule has 0 aliphatic rings. The van der Waals surface area contributed by atoms with Gasteiger partial charge in [-0.15, -0.1) is 11.3 Å². The van der Waals surface area contributed by atoms with Crippen LogP contribution in [0.2, 0.25) is 5.15 Å². The summed E-state index contributed by atoms with van der Waals surface area (Å²) >= 11 is 7.83. The highest BCUT2D eigenvalue weighted by atomic mass is 35.5. The lowest BCUT2D eigenvalue weighted by Crippen LogP contribution is -2.04. The number of pyridine rings is 3. The van der Waals surface area contributed by atoms with Crippen LogP contribution in [0.4, 0.5) is 0 Å². The minimum absolute atomic E-state index is 0.163. The van der Waals surface area contributed by atoms with Crippen molar-refractivity contribution in [3.63, 3.8) is 0 Å². The molecule has 0 radical (unpaired) electrons. The zero-order chi connectivity index (χ0) is 17.6. The number of nitrogens with one attached hydrogen (secondary N) is 1. The van der Waals surface area contributed by atoms with E-state index in [2.05, 4.69) is 23.0 Å². The topological polar surface area (TPSA) is 58.6 Å². The van der Waals surface area contributed by atoms with Gasteiger partial charge < -0.3 is 4.98 Å². The minimum atomic E-state index is -0.163. The molecule has 0 aliphatic carbocycles. The molecular formula is C19H14ClN3OS. The smallest absolute Gasteiger partial charge is 0.249 e. The van der Waals surface area contributed by atoms with Gasteiger partial charge in [0, 0.05) is 27.6 Å². The zero-order valence-corrected chi connectivity index (χ0v) is 15.2. The second kappa shape index (κ2) is 6.10. The van der Waals surface area contributed by atoms with Crippen molar-refractivity contribution in [2.45, 2.75) is 13.8 Å². The largest absolute Gasteiger partial charge is 0.307 e. The summed E-state index contributed by atoms with van der Waals surface area (Å²) < 4.78 is 0. The van der Waals surface area contributed by atoms with Gasteiger partial charge in [-0.3, -0.25) is 4.79 Å². The van der Waals surface area contributed by atoms with Crippen molar-refractivity contribution >= 4 is 34.0 Å². The molecule has 4 nitrogen and oxygen atoms in total. The van der Waals surface area contributed by atoms with E-state index < -0.39 is 0 Å².